The van der Waals surface area contributed by atoms with Gasteiger partial charge in [0.2, 0.25) is 0 Å². The molecule has 1 fully saturated rings. The van der Waals surface area contributed by atoms with Crippen molar-refractivity contribution < 1.29 is 29.0 Å². The topological polar surface area (TPSA) is 108 Å². The number of hydrogen-bond donors (Lipinski definition) is 2. The fourth-order valence-corrected chi connectivity index (χ4v) is 4.13. The summed E-state index contributed by atoms with van der Waals surface area (Å²) in [6, 6.07) is 0. The summed E-state index contributed by atoms with van der Waals surface area (Å²) in [5, 5.41) is 11.7. The zero-order valence-corrected chi connectivity index (χ0v) is 22.1. The fraction of sp³-hybridized carbons (Fsp3) is 0.885. The van der Waals surface area contributed by atoms with Crippen LogP contribution < -0.4 is 5.32 Å². The van der Waals surface area contributed by atoms with E-state index in [2.05, 4.69) is 19.2 Å². The molecular formula is C26H49N3O6. The van der Waals surface area contributed by atoms with Gasteiger partial charge in [-0.15, -0.1) is 0 Å². The van der Waals surface area contributed by atoms with E-state index in [1.807, 2.05) is 4.90 Å². The summed E-state index contributed by atoms with van der Waals surface area (Å²) in [5.41, 5.74) is 0. The third-order valence-corrected chi connectivity index (χ3v) is 6.37. The van der Waals surface area contributed by atoms with Gasteiger partial charge in [-0.25, -0.2) is 14.4 Å². The van der Waals surface area contributed by atoms with Crippen molar-refractivity contribution in [2.24, 2.45) is 0 Å². The molecule has 1 saturated heterocycles. The number of piperidine rings is 1. The number of carbonyl (C=O) groups is 3. The first kappa shape index (κ1) is 30.8. The number of nitrogens with zero attached hydrogens (tertiary/aromatic N) is 2. The maximum atomic E-state index is 12.5. The molecule has 204 valence electrons. The molecular weight excluding hydrogens is 450 g/mol. The number of unbranched alkanes of at least 4 members (excludes halogenated alkanes) is 9. The van der Waals surface area contributed by atoms with Crippen molar-refractivity contribution in [3.8, 4) is 0 Å². The molecule has 0 bridgehead atoms. The normalized spacial score (nSPS) is 13.9. The van der Waals surface area contributed by atoms with Crippen molar-refractivity contribution in [2.45, 2.75) is 110 Å². The van der Waals surface area contributed by atoms with Gasteiger partial charge in [0.25, 0.3) is 0 Å². The third-order valence-electron chi connectivity index (χ3n) is 6.37. The van der Waals surface area contributed by atoms with E-state index in [1.54, 1.807) is 0 Å². The number of hydrogen-bond acceptors (Lipinski definition) is 5. The van der Waals surface area contributed by atoms with Crippen LogP contribution in [-0.4, -0.2) is 78.6 Å². The van der Waals surface area contributed by atoms with Crippen LogP contribution in [0.15, 0.2) is 0 Å². The maximum absolute atomic E-state index is 12.5. The van der Waals surface area contributed by atoms with Crippen LogP contribution in [0.3, 0.4) is 0 Å². The molecule has 9 nitrogen and oxygen atoms in total. The zero-order valence-electron chi connectivity index (χ0n) is 22.1. The van der Waals surface area contributed by atoms with Crippen LogP contribution in [0, 0.1) is 0 Å². The van der Waals surface area contributed by atoms with E-state index < -0.39 is 12.2 Å². The Labute approximate surface area is 211 Å². The largest absolute Gasteiger partial charge is 0.465 e. The molecule has 3 amide bonds. The van der Waals surface area contributed by atoms with Crippen molar-refractivity contribution in [1.82, 2.24) is 15.1 Å². The highest BCUT2D eigenvalue weighted by Gasteiger charge is 2.24. The van der Waals surface area contributed by atoms with Gasteiger partial charge in [0.05, 0.1) is 6.61 Å². The number of ether oxygens (including phenoxy) is 2. The van der Waals surface area contributed by atoms with E-state index in [-0.39, 0.29) is 12.2 Å². The highest BCUT2D eigenvalue weighted by molar-refractivity contribution is 5.68. The van der Waals surface area contributed by atoms with Gasteiger partial charge >= 0.3 is 18.3 Å². The van der Waals surface area contributed by atoms with Crippen LogP contribution >= 0.6 is 0 Å². The van der Waals surface area contributed by atoms with Crippen LogP contribution in [0.5, 0.6) is 0 Å². The Morgan fingerprint density at radius 2 is 1.43 bits per heavy atom. The van der Waals surface area contributed by atoms with Gasteiger partial charge in [-0.1, -0.05) is 58.8 Å². The second-order valence-electron chi connectivity index (χ2n) is 9.44. The Hall–Kier alpha value is -2.19. The minimum atomic E-state index is -0.926. The standard InChI is InChI=1S/C26H49N3O6/c1-3-5-7-12-18-29(19-13-8-6-4-2)26(33)34-22-14-10-9-11-17-27-24(30)35-23-15-20-28(21-16-23)25(31)32/h23H,3-22H2,1-2H3,(H,27,30)(H,31,32). The summed E-state index contributed by atoms with van der Waals surface area (Å²) in [7, 11) is 0. The maximum Gasteiger partial charge on any atom is 0.409 e. The number of likely N-dealkylation sites (tertiary alicyclic amines) is 1. The lowest BCUT2D eigenvalue weighted by Crippen LogP contribution is -2.41. The molecule has 0 unspecified atom stereocenters. The summed E-state index contributed by atoms with van der Waals surface area (Å²) in [6.45, 7) is 7.71. The van der Waals surface area contributed by atoms with Gasteiger partial charge in [0.1, 0.15) is 6.10 Å². The number of carbonyl (C=O) groups excluding carboxylic acids is 2. The molecule has 0 atom stereocenters. The summed E-state index contributed by atoms with van der Waals surface area (Å²) < 4.78 is 10.9. The quantitative estimate of drug-likeness (QED) is 0.223. The van der Waals surface area contributed by atoms with Gasteiger partial charge in [0.15, 0.2) is 0 Å². The van der Waals surface area contributed by atoms with Gasteiger partial charge in [0, 0.05) is 45.6 Å². The number of alkyl carbamates (subject to hydrolysis) is 1. The number of amides is 3. The first-order chi connectivity index (χ1) is 17.0. The van der Waals surface area contributed by atoms with Gasteiger partial charge in [-0.05, 0) is 32.1 Å². The van der Waals surface area contributed by atoms with E-state index in [1.165, 1.54) is 30.6 Å². The van der Waals surface area contributed by atoms with Crippen LogP contribution in [0.25, 0.3) is 0 Å². The first-order valence-corrected chi connectivity index (χ1v) is 13.8. The van der Waals surface area contributed by atoms with Crippen molar-refractivity contribution >= 4 is 18.3 Å². The van der Waals surface area contributed by atoms with Crippen molar-refractivity contribution in [2.75, 3.05) is 39.3 Å². The molecule has 0 aromatic rings. The predicted molar refractivity (Wildman–Crippen MR) is 137 cm³/mol. The Morgan fingerprint density at radius 3 is 2.00 bits per heavy atom. The molecule has 0 aromatic heterocycles. The summed E-state index contributed by atoms with van der Waals surface area (Å²) in [5.74, 6) is 0. The minimum absolute atomic E-state index is 0.184. The van der Waals surface area contributed by atoms with E-state index in [0.29, 0.717) is 39.1 Å². The Bertz CT molecular complexity index is 569. The lowest BCUT2D eigenvalue weighted by Gasteiger charge is -2.29. The van der Waals surface area contributed by atoms with Gasteiger partial charge in [-0.3, -0.25) is 0 Å². The van der Waals surface area contributed by atoms with Crippen molar-refractivity contribution in [1.29, 1.82) is 0 Å². The van der Waals surface area contributed by atoms with Crippen LogP contribution in [0.2, 0.25) is 0 Å². The SMILES string of the molecule is CCCCCCN(CCCCCC)C(=O)OCCCCCCNC(=O)OC1CCN(C(=O)O)CC1. The van der Waals surface area contributed by atoms with E-state index in [0.717, 1.165) is 64.5 Å². The highest BCUT2D eigenvalue weighted by Crippen LogP contribution is 2.14. The molecule has 2 N–H and O–H groups in total. The molecule has 0 spiro atoms. The Kier molecular flexibility index (Phi) is 17.7. The summed E-state index contributed by atoms with van der Waals surface area (Å²) in [6.07, 6.45) is 12.0. The smallest absolute Gasteiger partial charge is 0.409 e. The minimum Gasteiger partial charge on any atom is -0.465 e. The van der Waals surface area contributed by atoms with E-state index >= 15 is 0 Å². The van der Waals surface area contributed by atoms with Crippen LogP contribution in [-0.2, 0) is 9.47 Å². The number of carboxylic acid groups (broad SMARTS) is 1. The van der Waals surface area contributed by atoms with Crippen molar-refractivity contribution in [3.05, 3.63) is 0 Å². The van der Waals surface area contributed by atoms with Crippen LogP contribution in [0.1, 0.15) is 104 Å². The third kappa shape index (κ3) is 15.4. The zero-order chi connectivity index (χ0) is 25.7. The lowest BCUT2D eigenvalue weighted by molar-refractivity contribution is 0.0510. The van der Waals surface area contributed by atoms with E-state index in [4.69, 9.17) is 14.6 Å². The monoisotopic (exact) mass is 499 g/mol. The molecule has 0 saturated carbocycles. The number of rotatable bonds is 18. The lowest BCUT2D eigenvalue weighted by atomic mass is 10.1. The molecule has 0 aliphatic carbocycles. The summed E-state index contributed by atoms with van der Waals surface area (Å²) in [4.78, 5) is 38.5. The molecule has 0 aromatic carbocycles. The predicted octanol–water partition coefficient (Wildman–Crippen LogP) is 6.01. The molecule has 35 heavy (non-hydrogen) atoms. The van der Waals surface area contributed by atoms with Gasteiger partial charge in [-0.2, -0.15) is 0 Å². The second-order valence-corrected chi connectivity index (χ2v) is 9.44. The molecule has 0 radical (unpaired) electrons. The molecule has 9 heteroatoms. The second kappa shape index (κ2) is 20.0. The highest BCUT2D eigenvalue weighted by atomic mass is 16.6. The molecule has 1 heterocycles. The molecule has 1 aliphatic rings. The fourth-order valence-electron chi connectivity index (χ4n) is 4.13. The summed E-state index contributed by atoms with van der Waals surface area (Å²) >= 11 is 0. The van der Waals surface area contributed by atoms with Crippen molar-refractivity contribution in [3.63, 3.8) is 0 Å². The van der Waals surface area contributed by atoms with E-state index in [9.17, 15) is 14.4 Å². The Balaban J connectivity index is 2.08. The van der Waals surface area contributed by atoms with Gasteiger partial charge < -0.3 is 29.7 Å². The Morgan fingerprint density at radius 1 is 0.857 bits per heavy atom. The van der Waals surface area contributed by atoms with Crippen LogP contribution in [0.4, 0.5) is 14.4 Å². The number of nitrogens with one attached hydrogen (secondary N) is 1. The first-order valence-electron chi connectivity index (χ1n) is 13.8. The molecule has 1 rings (SSSR count). The molecule has 1 aliphatic heterocycles. The average Bonchev–Trinajstić information content (AvgIpc) is 2.84. The average molecular weight is 500 g/mol.